The minimum absolute atomic E-state index is 0.0291. The van der Waals surface area contributed by atoms with Gasteiger partial charge in [-0.1, -0.05) is 45.1 Å². The minimum atomic E-state index is -3.50. The summed E-state index contributed by atoms with van der Waals surface area (Å²) in [5.74, 6) is -9.79. The third-order valence-corrected chi connectivity index (χ3v) is 12.2. The maximum Gasteiger partial charge on any atom is 0.329 e. The van der Waals surface area contributed by atoms with Crippen LogP contribution in [0.4, 0.5) is 0 Å². The molecule has 0 spiro atoms. The number of hydrogen-bond donors (Lipinski definition) is 5. The van der Waals surface area contributed by atoms with Gasteiger partial charge in [-0.15, -0.1) is 6.58 Å². The third-order valence-electron chi connectivity index (χ3n) is 12.2. The highest BCUT2D eigenvalue weighted by Gasteiger charge is 2.51. The van der Waals surface area contributed by atoms with E-state index in [4.69, 9.17) is 18.9 Å². The van der Waals surface area contributed by atoms with Crippen LogP contribution in [-0.2, 0) is 38.1 Å². The Bertz CT molecular complexity index is 1410. The van der Waals surface area contributed by atoms with Gasteiger partial charge in [0.25, 0.3) is 5.91 Å². The highest BCUT2D eigenvalue weighted by molar-refractivity contribution is 6.08. The van der Waals surface area contributed by atoms with Crippen molar-refractivity contribution in [3.63, 3.8) is 0 Å². The molecule has 57 heavy (non-hydrogen) atoms. The van der Waals surface area contributed by atoms with Gasteiger partial charge in [-0.2, -0.15) is 0 Å². The second kappa shape index (κ2) is 22.5. The number of cyclic esters (lactones) is 1. The molecule has 1 aliphatic carbocycles. The molecule has 2 aliphatic heterocycles. The van der Waals surface area contributed by atoms with Crippen LogP contribution >= 0.6 is 0 Å². The van der Waals surface area contributed by atoms with E-state index in [2.05, 4.69) is 6.58 Å². The molecule has 1 saturated heterocycles. The Kier molecular flexibility index (Phi) is 19.2. The zero-order chi connectivity index (χ0) is 42.6. The van der Waals surface area contributed by atoms with Gasteiger partial charge < -0.3 is 49.4 Å². The van der Waals surface area contributed by atoms with E-state index >= 15 is 0 Å². The summed E-state index contributed by atoms with van der Waals surface area (Å²) in [6, 6.07) is -1.28. The Morgan fingerprint density at radius 2 is 1.56 bits per heavy atom. The molecule has 3 rings (SSSR count). The number of amides is 1. The number of Topliss-reactive ketones (excluding diaryl/α,β-unsaturated/α-hetero) is 2. The van der Waals surface area contributed by atoms with Gasteiger partial charge in [0.05, 0.1) is 30.5 Å². The number of allylic oxidation sites excluding steroid dienone is 4. The molecule has 0 bridgehead atoms. The van der Waals surface area contributed by atoms with Crippen molar-refractivity contribution in [3.8, 4) is 0 Å². The molecule has 13 atom stereocenters. The first kappa shape index (κ1) is 48.5. The number of aliphatic hydroxyl groups is 5. The van der Waals surface area contributed by atoms with Crippen LogP contribution in [0.2, 0.25) is 0 Å². The number of ether oxygens (including phenoxy) is 4. The van der Waals surface area contributed by atoms with E-state index in [1.165, 1.54) is 28.3 Å². The fourth-order valence-corrected chi connectivity index (χ4v) is 8.56. The lowest BCUT2D eigenvalue weighted by Gasteiger charge is -2.39. The zero-order valence-electron chi connectivity index (χ0n) is 35.0. The van der Waals surface area contributed by atoms with Crippen molar-refractivity contribution < 1.29 is 63.7 Å². The van der Waals surface area contributed by atoms with Crippen LogP contribution in [0, 0.1) is 29.6 Å². The lowest BCUT2D eigenvalue weighted by Crippen LogP contribution is -2.61. The second-order valence-corrected chi connectivity index (χ2v) is 16.6. The second-order valence-electron chi connectivity index (χ2n) is 16.6. The highest BCUT2D eigenvalue weighted by Crippen LogP contribution is 2.33. The fraction of sp³-hybridized carbons (Fsp3) is 0.767. The summed E-state index contributed by atoms with van der Waals surface area (Å²) in [6.45, 7) is 10.6. The maximum atomic E-state index is 14.2. The molecule has 5 N–H and O–H groups in total. The van der Waals surface area contributed by atoms with Crippen molar-refractivity contribution in [2.45, 2.75) is 153 Å². The number of aliphatic hydroxyl groups excluding tert-OH is 3. The average Bonchev–Trinajstić information content (AvgIpc) is 3.19. The number of fused-ring (bicyclic) bond motifs is 1. The van der Waals surface area contributed by atoms with Gasteiger partial charge in [0.1, 0.15) is 24.0 Å². The molecule has 0 aromatic rings. The summed E-state index contributed by atoms with van der Waals surface area (Å²) >= 11 is 0. The number of ketones is 2. The Morgan fingerprint density at radius 1 is 0.912 bits per heavy atom. The van der Waals surface area contributed by atoms with E-state index in [-0.39, 0.29) is 49.5 Å². The third kappa shape index (κ3) is 12.8. The van der Waals surface area contributed by atoms with Gasteiger partial charge in [0.2, 0.25) is 5.78 Å². The van der Waals surface area contributed by atoms with Crippen molar-refractivity contribution >= 4 is 23.4 Å². The summed E-state index contributed by atoms with van der Waals surface area (Å²) in [6.07, 6.45) is 4.60. The van der Waals surface area contributed by atoms with Gasteiger partial charge in [-0.3, -0.25) is 14.4 Å². The minimum Gasteiger partial charge on any atom is -0.456 e. The number of carbonyl (C=O) groups excluding carboxylic acids is 4. The molecule has 14 heteroatoms. The van der Waals surface area contributed by atoms with E-state index in [0.717, 1.165) is 4.90 Å². The number of piperidine rings is 1. The summed E-state index contributed by atoms with van der Waals surface area (Å²) < 4.78 is 22.8. The number of rotatable bonds is 7. The number of esters is 1. The van der Waals surface area contributed by atoms with Gasteiger partial charge in [0.15, 0.2) is 0 Å². The van der Waals surface area contributed by atoms with E-state index in [9.17, 15) is 44.7 Å². The van der Waals surface area contributed by atoms with E-state index in [0.29, 0.717) is 56.9 Å². The van der Waals surface area contributed by atoms with Crippen LogP contribution in [0.25, 0.3) is 0 Å². The molecule has 2 fully saturated rings. The summed E-state index contributed by atoms with van der Waals surface area (Å²) in [5, 5.41) is 55.7. The predicted molar refractivity (Wildman–Crippen MR) is 211 cm³/mol. The molecule has 0 radical (unpaired) electrons. The Morgan fingerprint density at radius 3 is 2.19 bits per heavy atom. The number of nitrogens with zero attached hydrogens (tertiary/aromatic N) is 1. The maximum absolute atomic E-state index is 14.2. The first-order valence-corrected chi connectivity index (χ1v) is 20.5. The molecule has 324 valence electrons. The summed E-state index contributed by atoms with van der Waals surface area (Å²) in [5.41, 5.74) is 0.598. The summed E-state index contributed by atoms with van der Waals surface area (Å²) in [4.78, 5) is 56.4. The predicted octanol–water partition coefficient (Wildman–Crippen LogP) is 3.20. The van der Waals surface area contributed by atoms with E-state index < -0.39 is 83.9 Å². The van der Waals surface area contributed by atoms with Crippen molar-refractivity contribution in [1.82, 2.24) is 4.90 Å². The molecule has 1 amide bonds. The van der Waals surface area contributed by atoms with Gasteiger partial charge in [0, 0.05) is 52.0 Å². The van der Waals surface area contributed by atoms with Gasteiger partial charge in [-0.25, -0.2) is 4.79 Å². The fourth-order valence-electron chi connectivity index (χ4n) is 8.56. The van der Waals surface area contributed by atoms with Crippen molar-refractivity contribution in [3.05, 3.63) is 36.5 Å². The van der Waals surface area contributed by atoms with Gasteiger partial charge >= 0.3 is 11.8 Å². The van der Waals surface area contributed by atoms with Crippen LogP contribution in [0.3, 0.4) is 0 Å². The Labute approximate surface area is 338 Å². The van der Waals surface area contributed by atoms with Crippen molar-refractivity contribution in [2.75, 3.05) is 27.9 Å². The molecule has 14 nitrogen and oxygen atoms in total. The van der Waals surface area contributed by atoms with Crippen LogP contribution in [0.1, 0.15) is 98.3 Å². The standard InChI is InChI=1S/C43H69NO13/c1-9-13-30-15-12-14-25(2)20-36(55-7)38(48)37(56-8)22-27(4)40(49)43(52,53)42(51)44-19-11-10-16-31(44)41(50)57-39(28(5)33(46)24-34(30)47)26(3)21-29-17-18-32(45)35(23-29)54-6/h9,12,15,21,25,27-33,35-39,45-46,48,52-53H,1,10-11,13-14,16-20,22-24H2,2-8H3/b15-12+,26-21+/t25-,27+,28+,29-,30+,31-,32+,33-,35+,36-,37-,38+,39+/m0/s1. The zero-order valence-corrected chi connectivity index (χ0v) is 35.0. The number of methoxy groups -OCH3 is 3. The summed E-state index contributed by atoms with van der Waals surface area (Å²) in [7, 11) is 4.33. The van der Waals surface area contributed by atoms with E-state index in [1.54, 1.807) is 26.0 Å². The van der Waals surface area contributed by atoms with Crippen LogP contribution in [0.5, 0.6) is 0 Å². The Balaban J connectivity index is 2.07. The molecule has 3 aliphatic rings. The molecular formula is C43H69NO13. The van der Waals surface area contributed by atoms with Crippen LogP contribution in [0.15, 0.2) is 36.5 Å². The monoisotopic (exact) mass is 807 g/mol. The number of hydrogen-bond acceptors (Lipinski definition) is 13. The molecule has 2 heterocycles. The first-order valence-electron chi connectivity index (χ1n) is 20.5. The molecule has 1 saturated carbocycles. The normalized spacial score (nSPS) is 38.2. The highest BCUT2D eigenvalue weighted by atomic mass is 16.6. The smallest absolute Gasteiger partial charge is 0.329 e. The lowest BCUT2D eigenvalue weighted by atomic mass is 9.82. The van der Waals surface area contributed by atoms with Crippen molar-refractivity contribution in [1.29, 1.82) is 0 Å². The quantitative estimate of drug-likeness (QED) is 0.109. The molecule has 0 unspecified atom stereocenters. The Hall–Kier alpha value is -2.82. The van der Waals surface area contributed by atoms with Crippen LogP contribution < -0.4 is 0 Å². The largest absolute Gasteiger partial charge is 0.456 e. The molecule has 0 aromatic carbocycles. The average molecular weight is 808 g/mol. The first-order chi connectivity index (χ1) is 26.9. The molecule has 0 aromatic heterocycles. The molecular weight excluding hydrogens is 738 g/mol. The number of carbonyl (C=O) groups is 4. The van der Waals surface area contributed by atoms with Gasteiger partial charge in [-0.05, 0) is 88.5 Å². The topological polar surface area (TPSA) is 210 Å². The lowest BCUT2D eigenvalue weighted by molar-refractivity contribution is -0.206. The van der Waals surface area contributed by atoms with Crippen molar-refractivity contribution in [2.24, 2.45) is 29.6 Å². The SMILES string of the molecule is C=CC[C@@H]1/C=C/C[C@H](C)C[C@H](OC)[C@@H](O)[C@@H](OC)C[C@@H](C)C(=O)C(O)(O)C(=O)N2CCCC[C@H]2C(=O)O[C@H](/C(C)=C/[C@@H]2CC[C@@H](O)[C@H](OC)C2)[C@H](C)[C@@H](O)CC1=O. The van der Waals surface area contributed by atoms with E-state index in [1.807, 2.05) is 19.1 Å². The van der Waals surface area contributed by atoms with Crippen LogP contribution in [-0.4, -0.2) is 136 Å².